The summed E-state index contributed by atoms with van der Waals surface area (Å²) in [6, 6.07) is -8.07. The quantitative estimate of drug-likeness (QED) is 0.0606. The normalized spacial score (nSPS) is 43.9. The van der Waals surface area contributed by atoms with Crippen LogP contribution in [0.15, 0.2) is 0 Å². The Labute approximate surface area is 404 Å². The van der Waals surface area contributed by atoms with Crippen LogP contribution >= 0.6 is 0 Å². The van der Waals surface area contributed by atoms with E-state index in [1.165, 1.54) is 0 Å². The van der Waals surface area contributed by atoms with E-state index in [0.29, 0.717) is 0 Å². The molecule has 31 nitrogen and oxygen atoms in total. The van der Waals surface area contributed by atoms with Crippen LogP contribution in [0.1, 0.15) is 34.6 Å². The van der Waals surface area contributed by atoms with Gasteiger partial charge in [0.2, 0.25) is 29.5 Å². The van der Waals surface area contributed by atoms with Crippen LogP contribution in [0.5, 0.6) is 0 Å². The van der Waals surface area contributed by atoms with Crippen LogP contribution in [0.4, 0.5) is 0 Å². The third-order valence-electron chi connectivity index (χ3n) is 12.3. The molecule has 5 fully saturated rings. The van der Waals surface area contributed by atoms with Gasteiger partial charge in [-0.3, -0.25) is 24.0 Å². The Balaban J connectivity index is 1.39. The number of rotatable bonds is 18. The first-order valence-electron chi connectivity index (χ1n) is 22.6. The van der Waals surface area contributed by atoms with E-state index in [1.807, 2.05) is 0 Å². The zero-order chi connectivity index (χ0) is 52.8. The molecular formula is C40H67N5O26. The Hall–Kier alpha value is -3.49. The van der Waals surface area contributed by atoms with Crippen molar-refractivity contribution >= 4 is 29.5 Å². The summed E-state index contributed by atoms with van der Waals surface area (Å²) < 4.78 is 52.9. The maximum absolute atomic E-state index is 12.7. The fraction of sp³-hybridized carbons (Fsp3) is 0.875. The molecule has 408 valence electrons. The fourth-order valence-corrected chi connectivity index (χ4v) is 9.07. The number of nitrogens with one attached hydrogen (secondary N) is 5. The molecule has 17 N–H and O–H groups in total. The highest BCUT2D eigenvalue weighted by atomic mass is 16.8. The summed E-state index contributed by atoms with van der Waals surface area (Å²) in [5.41, 5.74) is 0. The molecule has 25 atom stereocenters. The Morgan fingerprint density at radius 2 is 0.563 bits per heavy atom. The number of hydrogen-bond acceptors (Lipinski definition) is 26. The highest BCUT2D eigenvalue weighted by Gasteiger charge is 2.57. The van der Waals surface area contributed by atoms with Gasteiger partial charge in [0.1, 0.15) is 122 Å². The molecule has 0 aliphatic carbocycles. The number of aliphatic hydroxyl groups excluding tert-OH is 12. The Bertz CT molecular complexity index is 1790. The summed E-state index contributed by atoms with van der Waals surface area (Å²) in [6.07, 6.45) is -35.1. The van der Waals surface area contributed by atoms with Gasteiger partial charge >= 0.3 is 0 Å². The Morgan fingerprint density at radius 1 is 0.338 bits per heavy atom. The van der Waals surface area contributed by atoms with Crippen LogP contribution in [0.25, 0.3) is 0 Å². The van der Waals surface area contributed by atoms with Crippen LogP contribution in [0.3, 0.4) is 0 Å². The molecule has 71 heavy (non-hydrogen) atoms. The van der Waals surface area contributed by atoms with Crippen LogP contribution < -0.4 is 26.6 Å². The number of aliphatic hydroxyl groups is 12. The minimum atomic E-state index is -2.00. The molecule has 5 saturated heterocycles. The molecule has 5 amide bonds. The van der Waals surface area contributed by atoms with Gasteiger partial charge in [-0.1, -0.05) is 0 Å². The predicted molar refractivity (Wildman–Crippen MR) is 225 cm³/mol. The summed E-state index contributed by atoms with van der Waals surface area (Å²) in [7, 11) is 0. The van der Waals surface area contributed by atoms with E-state index in [2.05, 4.69) is 26.6 Å². The lowest BCUT2D eigenvalue weighted by atomic mass is 9.93. The molecule has 0 saturated carbocycles. The van der Waals surface area contributed by atoms with Crippen molar-refractivity contribution in [3.63, 3.8) is 0 Å². The number of carbonyl (C=O) groups excluding carboxylic acids is 5. The predicted octanol–water partition coefficient (Wildman–Crippen LogP) is -11.2. The monoisotopic (exact) mass is 1030 g/mol. The van der Waals surface area contributed by atoms with Crippen molar-refractivity contribution in [2.75, 3.05) is 33.0 Å². The molecule has 0 radical (unpaired) electrons. The van der Waals surface area contributed by atoms with Gasteiger partial charge in [-0.2, -0.15) is 0 Å². The molecule has 5 aliphatic rings. The second-order valence-electron chi connectivity index (χ2n) is 17.6. The number of amides is 5. The molecule has 0 aromatic rings. The maximum atomic E-state index is 12.7. The number of carbonyl (C=O) groups is 5. The van der Waals surface area contributed by atoms with Gasteiger partial charge < -0.3 is 130 Å². The summed E-state index contributed by atoms with van der Waals surface area (Å²) in [5.74, 6) is -3.78. The van der Waals surface area contributed by atoms with Gasteiger partial charge in [0.25, 0.3) is 0 Å². The minimum absolute atomic E-state index is 0.688. The van der Waals surface area contributed by atoms with Gasteiger partial charge in [-0.25, -0.2) is 0 Å². The van der Waals surface area contributed by atoms with Crippen molar-refractivity contribution in [2.24, 2.45) is 0 Å². The first-order valence-corrected chi connectivity index (χ1v) is 22.6. The van der Waals surface area contributed by atoms with Gasteiger partial charge in [0.05, 0.1) is 33.0 Å². The maximum Gasteiger partial charge on any atom is 0.217 e. The van der Waals surface area contributed by atoms with E-state index in [0.717, 1.165) is 34.6 Å². The van der Waals surface area contributed by atoms with Crippen LogP contribution in [-0.2, 0) is 66.6 Å². The van der Waals surface area contributed by atoms with Crippen LogP contribution in [-0.4, -0.2) is 277 Å². The topological polar surface area (TPSA) is 471 Å². The second kappa shape index (κ2) is 25.6. The molecule has 0 bridgehead atoms. The first kappa shape index (κ1) is 58.4. The molecular weight excluding hydrogens is 966 g/mol. The van der Waals surface area contributed by atoms with Crippen molar-refractivity contribution in [2.45, 2.75) is 188 Å². The van der Waals surface area contributed by atoms with E-state index in [4.69, 9.17) is 42.6 Å². The van der Waals surface area contributed by atoms with Crippen molar-refractivity contribution < 1.29 is 128 Å². The number of hydrogen-bond donors (Lipinski definition) is 17. The molecule has 5 aliphatic heterocycles. The smallest absolute Gasteiger partial charge is 0.217 e. The van der Waals surface area contributed by atoms with Crippen LogP contribution in [0.2, 0.25) is 0 Å². The van der Waals surface area contributed by atoms with E-state index in [1.54, 1.807) is 0 Å². The summed E-state index contributed by atoms with van der Waals surface area (Å²) >= 11 is 0. The van der Waals surface area contributed by atoms with Gasteiger partial charge in [-0.05, 0) is 0 Å². The van der Waals surface area contributed by atoms with E-state index < -0.39 is 216 Å². The zero-order valence-corrected chi connectivity index (χ0v) is 39.1. The molecule has 0 unspecified atom stereocenters. The molecule has 31 heteroatoms. The molecule has 5 heterocycles. The third-order valence-corrected chi connectivity index (χ3v) is 12.3. The summed E-state index contributed by atoms with van der Waals surface area (Å²) in [6.45, 7) is 0.679. The Kier molecular flexibility index (Phi) is 21.1. The summed E-state index contributed by atoms with van der Waals surface area (Å²) in [4.78, 5) is 61.6. The Morgan fingerprint density at radius 3 is 0.831 bits per heavy atom. The lowest BCUT2D eigenvalue weighted by Crippen LogP contribution is -2.72. The van der Waals surface area contributed by atoms with Gasteiger partial charge in [0.15, 0.2) is 31.5 Å². The largest absolute Gasteiger partial charge is 0.394 e. The van der Waals surface area contributed by atoms with Gasteiger partial charge in [0, 0.05) is 34.6 Å². The SMILES string of the molecule is CC(=O)N[C@@H]1[C@@H](O)[C@H](O[C@H]2O[C@H](CO)[C@@H](O[C@@H]3O[C@H](CO)[C@@H](O[C@@H]4O[C@H](CO)[C@@H](O[C@@H]5O[C@H](CO)[C@@H](O)[C@H](O)[C@H]5NC(C)=O)[C@H](O)[C@H]4NC(C)=O)[C@H](O)[C@H]3NC(C)=O)[C@H](O)[C@H]2NC(C)=O)[C@@H](CO)O[C@H]1O. The standard InChI is InChI=1S/C40H67N5O26/c1-11(51)41-21-28(58)32(17(7-47)63-36(21)62)68-38-23(43-13(3)53)30(60)34(19(9-49)65-38)70-40-25(45-15(5)55)31(61)35(20(10-50)67-40)71-39-24(44-14(4)54)29(59)33(18(8-48)66-39)69-37-22(42-12(2)52)27(57)26(56)16(6-46)64-37/h16-40,46-50,56-62H,6-10H2,1-5H3,(H,41,51)(H,42,52)(H,43,53)(H,44,54)(H,45,55)/t16-,17-,18-,19-,20-,21-,22-,23-,24-,25-,26-,27-,28-,29-,30-,31-,32-,33-,34-,35-,36-,37+,38-,39+,40+/m1/s1. The van der Waals surface area contributed by atoms with E-state index in [9.17, 15) is 85.3 Å². The van der Waals surface area contributed by atoms with Crippen molar-refractivity contribution in [3.05, 3.63) is 0 Å². The lowest BCUT2D eigenvalue weighted by molar-refractivity contribution is -0.367. The van der Waals surface area contributed by atoms with Crippen LogP contribution in [0, 0.1) is 0 Å². The van der Waals surface area contributed by atoms with Crippen molar-refractivity contribution in [1.29, 1.82) is 0 Å². The van der Waals surface area contributed by atoms with E-state index >= 15 is 0 Å². The molecule has 5 rings (SSSR count). The highest BCUT2D eigenvalue weighted by molar-refractivity contribution is 5.75. The average molecular weight is 1030 g/mol. The third kappa shape index (κ3) is 13.6. The first-order chi connectivity index (χ1) is 33.5. The lowest BCUT2D eigenvalue weighted by Gasteiger charge is -2.51. The number of ether oxygens (including phenoxy) is 9. The fourth-order valence-electron chi connectivity index (χ4n) is 9.07. The minimum Gasteiger partial charge on any atom is -0.394 e. The van der Waals surface area contributed by atoms with Crippen molar-refractivity contribution in [1.82, 2.24) is 26.6 Å². The molecule has 0 aromatic heterocycles. The van der Waals surface area contributed by atoms with Crippen molar-refractivity contribution in [3.8, 4) is 0 Å². The average Bonchev–Trinajstić information content (AvgIpc) is 3.30. The summed E-state index contributed by atoms with van der Waals surface area (Å²) in [5, 5.41) is 142. The zero-order valence-electron chi connectivity index (χ0n) is 39.1. The second-order valence-corrected chi connectivity index (χ2v) is 17.6. The molecule has 0 spiro atoms. The highest BCUT2D eigenvalue weighted by Crippen LogP contribution is 2.36. The molecule has 0 aromatic carbocycles. The van der Waals surface area contributed by atoms with E-state index in [-0.39, 0.29) is 0 Å². The van der Waals surface area contributed by atoms with Gasteiger partial charge in [-0.15, -0.1) is 0 Å².